The van der Waals surface area contributed by atoms with Gasteiger partial charge >= 0.3 is 0 Å². The third-order valence-electron chi connectivity index (χ3n) is 4.40. The number of amides is 1. The highest BCUT2D eigenvalue weighted by molar-refractivity contribution is 8.00. The van der Waals surface area contributed by atoms with Crippen LogP contribution in [0.25, 0.3) is 0 Å². The van der Waals surface area contributed by atoms with Crippen LogP contribution in [-0.2, 0) is 10.5 Å². The number of ether oxygens (including phenoxy) is 1. The Labute approximate surface area is 198 Å². The highest BCUT2D eigenvalue weighted by Gasteiger charge is 2.18. The molecule has 7 nitrogen and oxygen atoms in total. The van der Waals surface area contributed by atoms with E-state index >= 15 is 0 Å². The summed E-state index contributed by atoms with van der Waals surface area (Å²) >= 11 is 4.51. The van der Waals surface area contributed by atoms with E-state index in [2.05, 4.69) is 20.5 Å². The first-order valence-corrected chi connectivity index (χ1v) is 12.4. The van der Waals surface area contributed by atoms with Gasteiger partial charge in [0.25, 0.3) is 0 Å². The van der Waals surface area contributed by atoms with Crippen LogP contribution in [0.15, 0.2) is 58.3 Å². The van der Waals surface area contributed by atoms with Crippen molar-refractivity contribution in [2.45, 2.75) is 23.9 Å². The summed E-state index contributed by atoms with van der Waals surface area (Å²) in [5.74, 6) is 1.38. The zero-order chi connectivity index (χ0) is 22.5. The minimum absolute atomic E-state index is 0.0671. The summed E-state index contributed by atoms with van der Waals surface area (Å²) in [7, 11) is 1.64. The Balaban J connectivity index is 1.39. The van der Waals surface area contributed by atoms with Gasteiger partial charge in [-0.3, -0.25) is 9.69 Å². The minimum atomic E-state index is -0.0671. The van der Waals surface area contributed by atoms with Crippen LogP contribution in [0.5, 0.6) is 5.75 Å². The lowest BCUT2D eigenvalue weighted by molar-refractivity contribution is -0.115. The first kappa shape index (κ1) is 22.3. The second-order valence-corrected chi connectivity index (χ2v) is 9.87. The molecule has 10 heteroatoms. The molecule has 32 heavy (non-hydrogen) atoms. The van der Waals surface area contributed by atoms with Crippen LogP contribution in [0.1, 0.15) is 18.2 Å². The van der Waals surface area contributed by atoms with Gasteiger partial charge in [0.15, 0.2) is 9.47 Å². The molecule has 0 aliphatic rings. The van der Waals surface area contributed by atoms with Crippen LogP contribution in [0.2, 0.25) is 0 Å². The molecule has 0 radical (unpaired) electrons. The number of nitrogens with zero attached hydrogens (tertiary/aromatic N) is 4. The molecule has 0 saturated heterocycles. The molecular formula is C22H21N5O2S3. The molecule has 2 aromatic heterocycles. The second kappa shape index (κ2) is 10.1. The molecule has 1 amide bonds. The number of carbonyl (C=O) groups is 1. The number of nitrogens with one attached hydrogen (secondary N) is 1. The van der Waals surface area contributed by atoms with Gasteiger partial charge in [-0.2, -0.15) is 0 Å². The average Bonchev–Trinajstić information content (AvgIpc) is 3.42. The van der Waals surface area contributed by atoms with Crippen molar-refractivity contribution in [3.05, 3.63) is 65.2 Å². The van der Waals surface area contributed by atoms with Crippen LogP contribution in [0.3, 0.4) is 0 Å². The number of thioether (sulfide) groups is 1. The predicted octanol–water partition coefficient (Wildman–Crippen LogP) is 6.03. The van der Waals surface area contributed by atoms with Gasteiger partial charge in [0, 0.05) is 23.7 Å². The molecule has 4 rings (SSSR count). The molecule has 0 bridgehead atoms. The highest BCUT2D eigenvalue weighted by atomic mass is 32.2. The number of hydrogen-bond acceptors (Lipinski definition) is 9. The van der Waals surface area contributed by atoms with E-state index in [0.717, 1.165) is 37.9 Å². The highest BCUT2D eigenvalue weighted by Crippen LogP contribution is 2.33. The van der Waals surface area contributed by atoms with Crippen molar-refractivity contribution in [2.75, 3.05) is 17.3 Å². The molecule has 4 aromatic rings. The molecule has 0 aliphatic carbocycles. The quantitative estimate of drug-likeness (QED) is 0.306. The Bertz CT molecular complexity index is 1210. The Morgan fingerprint density at radius 2 is 2.00 bits per heavy atom. The molecule has 2 heterocycles. The molecular weight excluding hydrogens is 462 g/mol. The second-order valence-electron chi connectivity index (χ2n) is 6.83. The smallest absolute Gasteiger partial charge is 0.230 e. The summed E-state index contributed by atoms with van der Waals surface area (Å²) in [5.41, 5.74) is 3.73. The lowest BCUT2D eigenvalue weighted by Crippen LogP contribution is -2.22. The maximum atomic E-state index is 12.3. The van der Waals surface area contributed by atoms with Crippen LogP contribution in [0.4, 0.5) is 21.6 Å². The summed E-state index contributed by atoms with van der Waals surface area (Å²) in [5, 5.41) is 15.1. The number of anilines is 4. The monoisotopic (exact) mass is 483 g/mol. The van der Waals surface area contributed by atoms with E-state index < -0.39 is 0 Å². The lowest BCUT2D eigenvalue weighted by Gasteiger charge is -2.18. The van der Waals surface area contributed by atoms with E-state index in [0.29, 0.717) is 10.9 Å². The number of rotatable bonds is 8. The molecule has 1 N–H and O–H groups in total. The fraction of sp³-hybridized carbons (Fsp3) is 0.182. The number of hydrogen-bond donors (Lipinski definition) is 1. The predicted molar refractivity (Wildman–Crippen MR) is 132 cm³/mol. The Hall–Kier alpha value is -2.95. The number of benzene rings is 2. The third kappa shape index (κ3) is 5.45. The van der Waals surface area contributed by atoms with Crippen molar-refractivity contribution >= 4 is 62.0 Å². The van der Waals surface area contributed by atoms with Crippen molar-refractivity contribution in [3.8, 4) is 5.75 Å². The van der Waals surface area contributed by atoms with Crippen LogP contribution in [0, 0.1) is 6.92 Å². The van der Waals surface area contributed by atoms with Crippen LogP contribution in [-0.4, -0.2) is 28.2 Å². The maximum absolute atomic E-state index is 12.3. The molecule has 0 spiro atoms. The van der Waals surface area contributed by atoms with Gasteiger partial charge in [-0.05, 0) is 48.9 Å². The van der Waals surface area contributed by atoms with Crippen molar-refractivity contribution in [1.29, 1.82) is 0 Å². The van der Waals surface area contributed by atoms with Crippen molar-refractivity contribution in [2.24, 2.45) is 0 Å². The van der Waals surface area contributed by atoms with Crippen LogP contribution < -0.4 is 15.0 Å². The van der Waals surface area contributed by atoms with E-state index in [1.807, 2.05) is 60.8 Å². The van der Waals surface area contributed by atoms with Crippen molar-refractivity contribution < 1.29 is 9.53 Å². The summed E-state index contributed by atoms with van der Waals surface area (Å²) in [6.45, 7) is 3.56. The number of aryl methyl sites for hydroxylation is 1. The van der Waals surface area contributed by atoms with E-state index in [4.69, 9.17) is 4.74 Å². The summed E-state index contributed by atoms with van der Waals surface area (Å²) in [6, 6.07) is 15.5. The SMILES string of the molecule is COc1ccc(Nc2nnc(SCc3csc(N(C(C)=O)c4cccc(C)c4)n3)s2)cc1. The first-order valence-electron chi connectivity index (χ1n) is 9.71. The molecule has 164 valence electrons. The van der Waals surface area contributed by atoms with Gasteiger partial charge < -0.3 is 10.1 Å². The zero-order valence-electron chi connectivity index (χ0n) is 17.7. The number of aromatic nitrogens is 3. The largest absolute Gasteiger partial charge is 0.497 e. The molecule has 0 atom stereocenters. The van der Waals surface area contributed by atoms with Gasteiger partial charge in [0.2, 0.25) is 11.0 Å². The van der Waals surface area contributed by atoms with E-state index in [9.17, 15) is 4.79 Å². The lowest BCUT2D eigenvalue weighted by atomic mass is 10.2. The molecule has 0 fully saturated rings. The zero-order valence-corrected chi connectivity index (χ0v) is 20.2. The van der Waals surface area contributed by atoms with Gasteiger partial charge in [-0.25, -0.2) is 4.98 Å². The molecule has 2 aromatic carbocycles. The minimum Gasteiger partial charge on any atom is -0.497 e. The van der Waals surface area contributed by atoms with Gasteiger partial charge in [-0.15, -0.1) is 21.5 Å². The average molecular weight is 484 g/mol. The summed E-state index contributed by atoms with van der Waals surface area (Å²) < 4.78 is 6.02. The number of methoxy groups -OCH3 is 1. The summed E-state index contributed by atoms with van der Waals surface area (Å²) in [6.07, 6.45) is 0. The molecule has 0 saturated carbocycles. The van der Waals surface area contributed by atoms with E-state index in [1.165, 1.54) is 22.7 Å². The van der Waals surface area contributed by atoms with Crippen molar-refractivity contribution in [3.63, 3.8) is 0 Å². The normalized spacial score (nSPS) is 10.7. The van der Waals surface area contributed by atoms with E-state index in [-0.39, 0.29) is 5.91 Å². The third-order valence-corrected chi connectivity index (χ3v) is 7.28. The van der Waals surface area contributed by atoms with Gasteiger partial charge in [0.1, 0.15) is 5.75 Å². The van der Waals surface area contributed by atoms with Crippen LogP contribution >= 0.6 is 34.4 Å². The topological polar surface area (TPSA) is 80.2 Å². The van der Waals surface area contributed by atoms with Gasteiger partial charge in [-0.1, -0.05) is 35.2 Å². The Morgan fingerprint density at radius 3 is 2.72 bits per heavy atom. The van der Waals surface area contributed by atoms with Crippen molar-refractivity contribution in [1.82, 2.24) is 15.2 Å². The fourth-order valence-corrected chi connectivity index (χ4v) is 5.57. The standard InChI is InChI=1S/C22H21N5O2S3/c1-14-5-4-6-18(11-14)27(15(2)28)21-24-17(12-30-21)13-31-22-26-25-20(32-22)23-16-7-9-19(29-3)10-8-16/h4-12H,13H2,1-3H3,(H,23,25). The first-order chi connectivity index (χ1) is 15.5. The molecule has 0 aliphatic heterocycles. The van der Waals surface area contributed by atoms with E-state index in [1.54, 1.807) is 30.7 Å². The number of thiazole rings is 1. The fourth-order valence-electron chi connectivity index (χ4n) is 2.91. The summed E-state index contributed by atoms with van der Waals surface area (Å²) in [4.78, 5) is 18.6. The van der Waals surface area contributed by atoms with Gasteiger partial charge in [0.05, 0.1) is 18.5 Å². The Kier molecular flexibility index (Phi) is 7.03. The number of carbonyl (C=O) groups excluding carboxylic acids is 1. The molecule has 0 unspecified atom stereocenters. The maximum Gasteiger partial charge on any atom is 0.230 e. The Morgan fingerprint density at radius 1 is 1.19 bits per heavy atom.